The van der Waals surface area contributed by atoms with Crippen molar-refractivity contribution in [1.29, 1.82) is 0 Å². The monoisotopic (exact) mass is 382 g/mol. The van der Waals surface area contributed by atoms with E-state index in [9.17, 15) is 9.59 Å². The minimum atomic E-state index is -0.751. The van der Waals surface area contributed by atoms with Gasteiger partial charge in [0.1, 0.15) is 5.54 Å². The van der Waals surface area contributed by atoms with Gasteiger partial charge in [-0.3, -0.25) is 9.59 Å². The summed E-state index contributed by atoms with van der Waals surface area (Å²) in [5, 5.41) is 3.07. The van der Waals surface area contributed by atoms with Crippen LogP contribution in [0.2, 0.25) is 0 Å². The summed E-state index contributed by atoms with van der Waals surface area (Å²) in [6.07, 6.45) is 6.75. The molecule has 2 atom stereocenters. The second kappa shape index (κ2) is 7.73. The highest BCUT2D eigenvalue weighted by atomic mass is 16.2. The van der Waals surface area contributed by atoms with Crippen LogP contribution in [0, 0.1) is 17.3 Å². The lowest BCUT2D eigenvalue weighted by molar-refractivity contribution is -0.147. The van der Waals surface area contributed by atoms with Gasteiger partial charge in [-0.25, -0.2) is 0 Å². The molecule has 0 spiro atoms. The lowest BCUT2D eigenvalue weighted by Crippen LogP contribution is -2.59. The van der Waals surface area contributed by atoms with Crippen molar-refractivity contribution in [2.24, 2.45) is 17.3 Å². The molecule has 0 saturated heterocycles. The molecule has 1 N–H and O–H groups in total. The summed E-state index contributed by atoms with van der Waals surface area (Å²) in [4.78, 5) is 28.7. The molecule has 0 heterocycles. The molecule has 0 aromatic heterocycles. The first kappa shape index (κ1) is 20.6. The normalized spacial score (nSPS) is 24.8. The zero-order valence-corrected chi connectivity index (χ0v) is 17.9. The van der Waals surface area contributed by atoms with E-state index < -0.39 is 5.54 Å². The number of anilines is 1. The van der Waals surface area contributed by atoms with Gasteiger partial charge in [0.2, 0.25) is 11.8 Å². The Bertz CT molecular complexity index is 756. The van der Waals surface area contributed by atoms with E-state index in [1.54, 1.807) is 4.90 Å². The predicted octanol–water partition coefficient (Wildman–Crippen LogP) is 5.02. The number of nitrogens with zero attached hydrogens (tertiary/aromatic N) is 1. The van der Waals surface area contributed by atoms with Crippen LogP contribution in [-0.2, 0) is 9.59 Å². The molecule has 0 unspecified atom stereocenters. The first-order valence-corrected chi connectivity index (χ1v) is 10.5. The Labute approximate surface area is 169 Å². The van der Waals surface area contributed by atoms with Crippen molar-refractivity contribution in [3.05, 3.63) is 42.0 Å². The van der Waals surface area contributed by atoms with Crippen LogP contribution in [0.3, 0.4) is 0 Å². The van der Waals surface area contributed by atoms with E-state index in [0.717, 1.165) is 37.8 Å². The zero-order valence-electron chi connectivity index (χ0n) is 17.9. The van der Waals surface area contributed by atoms with Crippen molar-refractivity contribution in [3.8, 4) is 0 Å². The molecule has 0 radical (unpaired) electrons. The largest absolute Gasteiger partial charge is 0.331 e. The molecule has 0 aliphatic heterocycles. The highest BCUT2D eigenvalue weighted by Crippen LogP contribution is 2.60. The Morgan fingerprint density at radius 2 is 1.68 bits per heavy atom. The van der Waals surface area contributed by atoms with Crippen molar-refractivity contribution >= 4 is 17.5 Å². The highest BCUT2D eigenvalue weighted by Gasteiger charge is 2.62. The number of allylic oxidation sites excluding steroid dienone is 2. The summed E-state index contributed by atoms with van der Waals surface area (Å²) in [6, 6.07) is 9.54. The molecule has 2 amide bonds. The lowest BCUT2D eigenvalue weighted by Gasteiger charge is -2.43. The molecular weight excluding hydrogens is 348 g/mol. The summed E-state index contributed by atoms with van der Waals surface area (Å²) in [6.45, 7) is 8.47. The topological polar surface area (TPSA) is 49.4 Å². The Hall–Kier alpha value is -2.10. The minimum absolute atomic E-state index is 0.0456. The van der Waals surface area contributed by atoms with Gasteiger partial charge in [0.25, 0.3) is 0 Å². The Balaban J connectivity index is 1.84. The van der Waals surface area contributed by atoms with Crippen molar-refractivity contribution in [2.45, 2.75) is 65.3 Å². The van der Waals surface area contributed by atoms with E-state index in [-0.39, 0.29) is 29.1 Å². The summed E-state index contributed by atoms with van der Waals surface area (Å²) in [7, 11) is 1.84. The molecule has 152 valence electrons. The van der Waals surface area contributed by atoms with Gasteiger partial charge in [-0.2, -0.15) is 0 Å². The SMILES string of the molecule is CC(C)=C[C@H]1[C@H](C(=O)N(C)C2(C(=O)Nc3ccccc3)CCCCC2)C1(C)C. The van der Waals surface area contributed by atoms with Gasteiger partial charge in [-0.15, -0.1) is 0 Å². The Morgan fingerprint density at radius 3 is 2.25 bits per heavy atom. The van der Waals surface area contributed by atoms with Gasteiger partial charge < -0.3 is 10.2 Å². The fourth-order valence-electron chi connectivity index (χ4n) is 4.86. The Kier molecular flexibility index (Phi) is 5.69. The van der Waals surface area contributed by atoms with E-state index in [2.05, 4.69) is 39.1 Å². The third-order valence-electron chi connectivity index (χ3n) is 6.80. The molecule has 2 saturated carbocycles. The average molecular weight is 383 g/mol. The number of hydrogen-bond acceptors (Lipinski definition) is 2. The maximum Gasteiger partial charge on any atom is 0.250 e. The van der Waals surface area contributed by atoms with Gasteiger partial charge in [-0.1, -0.05) is 63.0 Å². The first-order chi connectivity index (χ1) is 13.2. The molecule has 1 aromatic carbocycles. The van der Waals surface area contributed by atoms with Crippen LogP contribution >= 0.6 is 0 Å². The number of nitrogens with one attached hydrogen (secondary N) is 1. The molecule has 28 heavy (non-hydrogen) atoms. The Morgan fingerprint density at radius 1 is 1.07 bits per heavy atom. The second-order valence-electron chi connectivity index (χ2n) is 9.38. The van der Waals surface area contributed by atoms with Crippen LogP contribution in [-0.4, -0.2) is 29.3 Å². The molecule has 2 fully saturated rings. The number of likely N-dealkylation sites (N-methyl/N-ethyl adjacent to an activating group) is 1. The van der Waals surface area contributed by atoms with Crippen molar-refractivity contribution in [2.75, 3.05) is 12.4 Å². The summed E-state index contributed by atoms with van der Waals surface area (Å²) < 4.78 is 0. The molecular formula is C24H34N2O2. The fraction of sp³-hybridized carbons (Fsp3) is 0.583. The van der Waals surface area contributed by atoms with Crippen molar-refractivity contribution in [1.82, 2.24) is 4.90 Å². The number of benzene rings is 1. The predicted molar refractivity (Wildman–Crippen MR) is 114 cm³/mol. The van der Waals surface area contributed by atoms with E-state index in [4.69, 9.17) is 0 Å². The van der Waals surface area contributed by atoms with Crippen LogP contribution in [0.25, 0.3) is 0 Å². The zero-order chi connectivity index (χ0) is 20.5. The smallest absolute Gasteiger partial charge is 0.250 e. The number of para-hydroxylation sites is 1. The molecule has 0 bridgehead atoms. The lowest BCUT2D eigenvalue weighted by atomic mass is 9.79. The quantitative estimate of drug-likeness (QED) is 0.727. The van der Waals surface area contributed by atoms with E-state index in [0.29, 0.717) is 0 Å². The summed E-state index contributed by atoms with van der Waals surface area (Å²) in [5.74, 6) is 0.269. The molecule has 1 aromatic rings. The van der Waals surface area contributed by atoms with Gasteiger partial charge in [0.15, 0.2) is 0 Å². The van der Waals surface area contributed by atoms with Gasteiger partial charge in [0, 0.05) is 12.7 Å². The van der Waals surface area contributed by atoms with E-state index in [1.165, 1.54) is 5.57 Å². The number of amides is 2. The van der Waals surface area contributed by atoms with Gasteiger partial charge >= 0.3 is 0 Å². The van der Waals surface area contributed by atoms with Crippen LogP contribution in [0.15, 0.2) is 42.0 Å². The molecule has 4 heteroatoms. The average Bonchev–Trinajstić information content (AvgIpc) is 3.20. The van der Waals surface area contributed by atoms with Crippen molar-refractivity contribution in [3.63, 3.8) is 0 Å². The van der Waals surface area contributed by atoms with Gasteiger partial charge in [0.05, 0.1) is 5.92 Å². The number of rotatable bonds is 5. The third-order valence-corrected chi connectivity index (χ3v) is 6.80. The van der Waals surface area contributed by atoms with Crippen LogP contribution < -0.4 is 5.32 Å². The van der Waals surface area contributed by atoms with E-state index in [1.807, 2.05) is 37.4 Å². The molecule has 2 aliphatic carbocycles. The number of carbonyl (C=O) groups is 2. The fourth-order valence-corrected chi connectivity index (χ4v) is 4.86. The van der Waals surface area contributed by atoms with E-state index >= 15 is 0 Å². The maximum atomic E-state index is 13.5. The summed E-state index contributed by atoms with van der Waals surface area (Å²) >= 11 is 0. The van der Waals surface area contributed by atoms with Crippen molar-refractivity contribution < 1.29 is 9.59 Å². The van der Waals surface area contributed by atoms with Crippen LogP contribution in [0.1, 0.15) is 59.8 Å². The molecule has 4 nitrogen and oxygen atoms in total. The number of carbonyl (C=O) groups excluding carboxylic acids is 2. The third kappa shape index (κ3) is 3.74. The maximum absolute atomic E-state index is 13.5. The summed E-state index contributed by atoms with van der Waals surface area (Å²) in [5.41, 5.74) is 1.23. The van der Waals surface area contributed by atoms with Crippen LogP contribution in [0.5, 0.6) is 0 Å². The van der Waals surface area contributed by atoms with Gasteiger partial charge in [-0.05, 0) is 50.2 Å². The van der Waals surface area contributed by atoms with Crippen LogP contribution in [0.4, 0.5) is 5.69 Å². The highest BCUT2D eigenvalue weighted by molar-refractivity contribution is 6.01. The minimum Gasteiger partial charge on any atom is -0.331 e. The second-order valence-corrected chi connectivity index (χ2v) is 9.38. The molecule has 3 rings (SSSR count). The molecule has 2 aliphatic rings. The first-order valence-electron chi connectivity index (χ1n) is 10.5. The standard InChI is InChI=1S/C24H34N2O2/c1-17(2)16-19-20(23(19,3)4)21(27)26(5)24(14-10-7-11-15-24)22(28)25-18-12-8-6-9-13-18/h6,8-9,12-13,16,19-20H,7,10-11,14-15H2,1-5H3,(H,25,28)/t19-,20+/m0/s1. The number of hydrogen-bond donors (Lipinski definition) is 1.